The van der Waals surface area contributed by atoms with Crippen LogP contribution in [0.4, 0.5) is 11.4 Å². The van der Waals surface area contributed by atoms with E-state index in [4.69, 9.17) is 0 Å². The highest BCUT2D eigenvalue weighted by Gasteiger charge is 2.45. The third-order valence-corrected chi connectivity index (χ3v) is 12.5. The lowest BCUT2D eigenvalue weighted by Gasteiger charge is -2.25. The predicted molar refractivity (Wildman–Crippen MR) is 224 cm³/mol. The number of hydrogen-bond donors (Lipinski definition) is 5. The first-order chi connectivity index (χ1) is 27.2. The number of unbranched alkanes of at least 4 members (excludes halogenated alkanes) is 2. The summed E-state index contributed by atoms with van der Waals surface area (Å²) in [6.45, 7) is 11.5. The molecule has 2 heterocycles. The van der Waals surface area contributed by atoms with Crippen molar-refractivity contribution in [2.24, 2.45) is 0 Å². The molecule has 15 heteroatoms. The van der Waals surface area contributed by atoms with Crippen molar-refractivity contribution in [3.05, 3.63) is 113 Å². The molecule has 5 N–H and O–H groups in total. The summed E-state index contributed by atoms with van der Waals surface area (Å²) in [7, 11) is -8.79. The third-order valence-electron chi connectivity index (χ3n) is 10.8. The van der Waals surface area contributed by atoms with Crippen molar-refractivity contribution in [1.29, 1.82) is 0 Å². The topological polar surface area (TPSA) is 193 Å². The molecule has 0 aromatic heterocycles. The highest BCUT2D eigenvalue weighted by atomic mass is 32.2. The summed E-state index contributed by atoms with van der Waals surface area (Å²) in [5, 5.41) is 14.9. The minimum atomic E-state index is -4.43. The van der Waals surface area contributed by atoms with Crippen molar-refractivity contribution >= 4 is 49.1 Å². The van der Waals surface area contributed by atoms with E-state index in [1.54, 1.807) is 36.4 Å². The molecule has 3 aromatic rings. The predicted octanol–water partition coefficient (Wildman–Crippen LogP) is 6.11. The van der Waals surface area contributed by atoms with Crippen molar-refractivity contribution < 1.29 is 45.2 Å². The molecule has 5 rings (SSSR count). The van der Waals surface area contributed by atoms with Crippen LogP contribution in [0.5, 0.6) is 5.75 Å². The number of phenols is 1. The largest absolute Gasteiger partial charge is 0.508 e. The molecular weight excluding hydrogens is 781 g/mol. The maximum atomic E-state index is 12.5. The first-order valence-corrected chi connectivity index (χ1v) is 22.2. The Morgan fingerprint density at radius 3 is 2.09 bits per heavy atom. The van der Waals surface area contributed by atoms with Crippen LogP contribution in [0.25, 0.3) is 0 Å². The van der Waals surface area contributed by atoms with Gasteiger partial charge in [-0.05, 0) is 99.7 Å². The zero-order chi connectivity index (χ0) is 42.5. The summed E-state index contributed by atoms with van der Waals surface area (Å²) in [6, 6.07) is 16.0. The Bertz CT molecular complexity index is 2400. The summed E-state index contributed by atoms with van der Waals surface area (Å²) in [5.41, 5.74) is 4.93. The van der Waals surface area contributed by atoms with Gasteiger partial charge in [-0.3, -0.25) is 18.7 Å². The molecule has 0 aliphatic carbocycles. The van der Waals surface area contributed by atoms with Gasteiger partial charge in [0.1, 0.15) is 12.3 Å². The lowest BCUT2D eigenvalue weighted by molar-refractivity contribution is -0.438. The van der Waals surface area contributed by atoms with Crippen LogP contribution < -0.4 is 15.5 Å². The molecule has 0 radical (unpaired) electrons. The van der Waals surface area contributed by atoms with Gasteiger partial charge in [0.15, 0.2) is 5.71 Å². The van der Waals surface area contributed by atoms with E-state index >= 15 is 0 Å². The number of nitrogens with one attached hydrogen (secondary N) is 2. The maximum Gasteiger partial charge on any atom is 0.294 e. The van der Waals surface area contributed by atoms with Gasteiger partial charge in [0.25, 0.3) is 20.2 Å². The molecule has 0 saturated heterocycles. The first kappa shape index (κ1) is 44.0. The molecular formula is C43H53N4O9S2+. The van der Waals surface area contributed by atoms with E-state index in [1.165, 1.54) is 24.3 Å². The van der Waals surface area contributed by atoms with Crippen LogP contribution in [0.2, 0.25) is 0 Å². The Balaban J connectivity index is 1.23. The van der Waals surface area contributed by atoms with Crippen molar-refractivity contribution in [2.45, 2.75) is 87.3 Å². The van der Waals surface area contributed by atoms with Gasteiger partial charge in [-0.1, -0.05) is 44.2 Å². The van der Waals surface area contributed by atoms with Gasteiger partial charge in [0, 0.05) is 60.4 Å². The lowest BCUT2D eigenvalue weighted by Crippen LogP contribution is -2.37. The average molecular weight is 834 g/mol. The standard InChI is InChI=1S/C43H52N4O9S2/c1-6-46-36-22-20-32(57(51,52)53)27-34(36)42(2,3)38(46)13-9-7-10-14-39-43(4,5)35-28-33(58(54,55)56)21-23-37(35)47(39)26-12-8-11-15-40(49)45-29-41(50)44-25-24-30-16-18-31(48)19-17-30/h7,9-10,13-14,16-23,27-28H,6,8,11-12,15,24-26,29H2,1-5H3,(H4-,44,45,48,49,50,51,52,53,54,55,56)/p+1. The molecule has 0 unspecified atom stereocenters. The van der Waals surface area contributed by atoms with Crippen molar-refractivity contribution in [2.75, 3.05) is 31.1 Å². The number of allylic oxidation sites excluding steroid dienone is 6. The maximum absolute atomic E-state index is 12.5. The smallest absolute Gasteiger partial charge is 0.294 e. The average Bonchev–Trinajstić information content (AvgIpc) is 3.51. The second-order valence-electron chi connectivity index (χ2n) is 15.5. The number of carbonyl (C=O) groups excluding carboxylic acids is 2. The molecule has 0 saturated carbocycles. The van der Waals surface area contributed by atoms with E-state index < -0.39 is 31.1 Å². The molecule has 2 amide bonds. The summed E-state index contributed by atoms with van der Waals surface area (Å²) in [4.78, 5) is 26.5. The zero-order valence-electron chi connectivity index (χ0n) is 33.5. The normalized spacial score (nSPS) is 16.7. The summed E-state index contributed by atoms with van der Waals surface area (Å²) < 4.78 is 69.5. The number of carbonyl (C=O) groups is 2. The Morgan fingerprint density at radius 1 is 0.776 bits per heavy atom. The summed E-state index contributed by atoms with van der Waals surface area (Å²) >= 11 is 0. The van der Waals surface area contributed by atoms with Crippen LogP contribution in [-0.4, -0.2) is 79.3 Å². The van der Waals surface area contributed by atoms with E-state index in [0.29, 0.717) is 32.5 Å². The van der Waals surface area contributed by atoms with E-state index in [9.17, 15) is 40.6 Å². The number of aromatic hydroxyl groups is 1. The Morgan fingerprint density at radius 2 is 1.43 bits per heavy atom. The van der Waals surface area contributed by atoms with E-state index in [2.05, 4.69) is 20.1 Å². The second kappa shape index (κ2) is 17.8. The molecule has 310 valence electrons. The van der Waals surface area contributed by atoms with Crippen molar-refractivity contribution in [1.82, 2.24) is 10.6 Å². The van der Waals surface area contributed by atoms with Gasteiger partial charge in [-0.25, -0.2) is 0 Å². The van der Waals surface area contributed by atoms with Crippen LogP contribution in [-0.2, 0) is 47.1 Å². The lowest BCUT2D eigenvalue weighted by atomic mass is 9.81. The Kier molecular flexibility index (Phi) is 13.5. The number of hydrogen-bond acceptors (Lipinski definition) is 8. The summed E-state index contributed by atoms with van der Waals surface area (Å²) in [6.07, 6.45) is 12.6. The molecule has 0 fully saturated rings. The Labute approximate surface area is 341 Å². The molecule has 2 aliphatic rings. The number of benzene rings is 3. The van der Waals surface area contributed by atoms with E-state index in [0.717, 1.165) is 52.3 Å². The molecule has 0 spiro atoms. The zero-order valence-corrected chi connectivity index (χ0v) is 35.2. The number of likely N-dealkylation sites (N-methyl/N-ethyl adjacent to an activating group) is 1. The van der Waals surface area contributed by atoms with Crippen LogP contribution in [0, 0.1) is 0 Å². The van der Waals surface area contributed by atoms with Crippen molar-refractivity contribution in [3.63, 3.8) is 0 Å². The molecule has 0 bridgehead atoms. The van der Waals surface area contributed by atoms with Gasteiger partial charge in [-0.2, -0.15) is 21.4 Å². The highest BCUT2D eigenvalue weighted by molar-refractivity contribution is 7.86. The monoisotopic (exact) mass is 833 g/mol. The van der Waals surface area contributed by atoms with Gasteiger partial charge in [-0.15, -0.1) is 0 Å². The van der Waals surface area contributed by atoms with E-state index in [1.807, 2.05) is 65.0 Å². The number of amides is 2. The number of rotatable bonds is 17. The SMILES string of the molecule is CCN1C(=CC=CC=CC2=[N+](CCCCCC(=O)NCC(=O)NCCc3ccc(O)cc3)c3ccc(S(=O)(=O)O)cc3C2(C)C)C(C)(C)c2cc(S(=O)(=O)O)ccc21. The van der Waals surface area contributed by atoms with Gasteiger partial charge >= 0.3 is 0 Å². The fraction of sp³-hybridized carbons (Fsp3) is 0.372. The molecule has 58 heavy (non-hydrogen) atoms. The third kappa shape index (κ3) is 10.1. The van der Waals surface area contributed by atoms with Gasteiger partial charge < -0.3 is 20.6 Å². The van der Waals surface area contributed by atoms with Gasteiger partial charge in [0.05, 0.1) is 21.8 Å². The van der Waals surface area contributed by atoms with Crippen molar-refractivity contribution in [3.8, 4) is 5.75 Å². The minimum Gasteiger partial charge on any atom is -0.508 e. The summed E-state index contributed by atoms with van der Waals surface area (Å²) in [5.74, 6) is -0.320. The fourth-order valence-corrected chi connectivity index (χ4v) is 8.65. The second-order valence-corrected chi connectivity index (χ2v) is 18.3. The van der Waals surface area contributed by atoms with Crippen LogP contribution >= 0.6 is 0 Å². The Hall–Kier alpha value is -5.09. The van der Waals surface area contributed by atoms with Gasteiger partial charge in [0.2, 0.25) is 17.5 Å². The minimum absolute atomic E-state index is 0.115. The van der Waals surface area contributed by atoms with Crippen LogP contribution in [0.15, 0.2) is 107 Å². The number of phenolic OH excluding ortho intramolecular Hbond substituents is 1. The first-order valence-electron chi connectivity index (χ1n) is 19.3. The molecule has 0 atom stereocenters. The quantitative estimate of drug-likeness (QED) is 0.0459. The van der Waals surface area contributed by atoms with E-state index in [-0.39, 0.29) is 40.3 Å². The molecule has 3 aromatic carbocycles. The number of anilines is 1. The number of fused-ring (bicyclic) bond motifs is 2. The molecule has 2 aliphatic heterocycles. The van der Waals surface area contributed by atoms with Crippen LogP contribution in [0.1, 0.15) is 77.0 Å². The highest BCUT2D eigenvalue weighted by Crippen LogP contribution is 2.48. The fourth-order valence-electron chi connectivity index (χ4n) is 7.64. The molecule has 13 nitrogen and oxygen atoms in total. The number of nitrogens with zero attached hydrogens (tertiary/aromatic N) is 2. The van der Waals surface area contributed by atoms with Crippen LogP contribution in [0.3, 0.4) is 0 Å².